The van der Waals surface area contributed by atoms with Crippen LogP contribution < -0.4 is 0 Å². The van der Waals surface area contributed by atoms with Crippen molar-refractivity contribution in [1.82, 2.24) is 0 Å². The minimum absolute atomic E-state index is 0.567. The molecule has 0 heterocycles. The predicted octanol–water partition coefficient (Wildman–Crippen LogP) is 3.20. The van der Waals surface area contributed by atoms with Gasteiger partial charge in [0, 0.05) is 0 Å². The quantitative estimate of drug-likeness (QED) is 0.441. The van der Waals surface area contributed by atoms with E-state index < -0.39 is 0 Å². The van der Waals surface area contributed by atoms with E-state index in [4.69, 9.17) is 7.85 Å². The van der Waals surface area contributed by atoms with Crippen molar-refractivity contribution in [3.63, 3.8) is 0 Å². The van der Waals surface area contributed by atoms with Crippen LogP contribution in [0.1, 0.15) is 32.6 Å². The molecule has 0 saturated heterocycles. The zero-order valence-electron chi connectivity index (χ0n) is 8.13. The number of hydrogen-bond donors (Lipinski definition) is 0. The Bertz CT molecular complexity index is 134. The summed E-state index contributed by atoms with van der Waals surface area (Å²) in [6.07, 6.45) is 8.30. The maximum absolute atomic E-state index is 5.68. The van der Waals surface area contributed by atoms with Crippen LogP contribution in [0.15, 0.2) is 12.7 Å². The average Bonchev–Trinajstić information content (AvgIpc) is 2.10. The van der Waals surface area contributed by atoms with Crippen molar-refractivity contribution in [2.75, 3.05) is 0 Å². The highest BCUT2D eigenvalue weighted by Crippen LogP contribution is 2.34. The van der Waals surface area contributed by atoms with Crippen molar-refractivity contribution in [1.29, 1.82) is 0 Å². The molecule has 1 fully saturated rings. The van der Waals surface area contributed by atoms with Crippen LogP contribution in [0.5, 0.6) is 0 Å². The molecule has 66 valence electrons. The molecule has 2 radical (unpaired) electrons. The van der Waals surface area contributed by atoms with Crippen molar-refractivity contribution in [3.05, 3.63) is 12.7 Å². The molecule has 0 spiro atoms. The zero-order valence-corrected chi connectivity index (χ0v) is 8.13. The van der Waals surface area contributed by atoms with Crippen molar-refractivity contribution < 1.29 is 0 Å². The van der Waals surface area contributed by atoms with Crippen molar-refractivity contribution in [2.45, 2.75) is 38.9 Å². The highest BCUT2D eigenvalue weighted by Gasteiger charge is 2.22. The molecule has 0 aromatic rings. The summed E-state index contributed by atoms with van der Waals surface area (Å²) in [5.74, 6) is 2.32. The molecule has 1 saturated carbocycles. The van der Waals surface area contributed by atoms with E-state index in [2.05, 4.69) is 13.5 Å². The van der Waals surface area contributed by atoms with Gasteiger partial charge in [-0.05, 0) is 30.6 Å². The van der Waals surface area contributed by atoms with Gasteiger partial charge in [0.15, 0.2) is 0 Å². The van der Waals surface area contributed by atoms with Crippen LogP contribution in [0, 0.1) is 17.8 Å². The Kier molecular flexibility index (Phi) is 3.91. The molecule has 12 heavy (non-hydrogen) atoms. The molecule has 0 aromatic carbocycles. The van der Waals surface area contributed by atoms with E-state index in [1.165, 1.54) is 25.7 Å². The third-order valence-corrected chi connectivity index (χ3v) is 3.24. The fourth-order valence-corrected chi connectivity index (χ4v) is 2.20. The smallest absolute Gasteiger partial charge is 0.0661 e. The number of allylic oxidation sites excluding steroid dienone is 1. The van der Waals surface area contributed by atoms with Gasteiger partial charge in [-0.25, -0.2) is 0 Å². The van der Waals surface area contributed by atoms with Crippen LogP contribution >= 0.6 is 0 Å². The summed E-state index contributed by atoms with van der Waals surface area (Å²) >= 11 is 0. The second-order valence-corrected chi connectivity index (χ2v) is 4.16. The van der Waals surface area contributed by atoms with Crippen molar-refractivity contribution in [2.24, 2.45) is 17.8 Å². The Hall–Kier alpha value is -0.195. The van der Waals surface area contributed by atoms with Crippen LogP contribution in [-0.4, -0.2) is 7.85 Å². The summed E-state index contributed by atoms with van der Waals surface area (Å²) < 4.78 is 0. The lowest BCUT2D eigenvalue weighted by Gasteiger charge is -2.30. The molecular formula is C11H19B. The summed E-state index contributed by atoms with van der Waals surface area (Å²) in [5.41, 5.74) is 0. The van der Waals surface area contributed by atoms with Crippen molar-refractivity contribution in [3.8, 4) is 0 Å². The largest absolute Gasteiger partial charge is 0.103 e. The summed E-state index contributed by atoms with van der Waals surface area (Å²) in [5, 5.41) is 0. The van der Waals surface area contributed by atoms with Gasteiger partial charge >= 0.3 is 0 Å². The maximum atomic E-state index is 5.68. The maximum Gasteiger partial charge on any atom is 0.0661 e. The first kappa shape index (κ1) is 9.89. The minimum atomic E-state index is 0.567. The lowest BCUT2D eigenvalue weighted by molar-refractivity contribution is 0.250. The van der Waals surface area contributed by atoms with Gasteiger partial charge in [0.05, 0.1) is 7.85 Å². The van der Waals surface area contributed by atoms with Gasteiger partial charge in [0.2, 0.25) is 0 Å². The Morgan fingerprint density at radius 3 is 2.42 bits per heavy atom. The fourth-order valence-electron chi connectivity index (χ4n) is 2.20. The molecule has 0 N–H and O–H groups in total. The third-order valence-electron chi connectivity index (χ3n) is 3.24. The topological polar surface area (TPSA) is 0 Å². The van der Waals surface area contributed by atoms with Gasteiger partial charge in [0.1, 0.15) is 0 Å². The van der Waals surface area contributed by atoms with Crippen LogP contribution in [0.3, 0.4) is 0 Å². The van der Waals surface area contributed by atoms with E-state index in [0.29, 0.717) is 5.92 Å². The van der Waals surface area contributed by atoms with Gasteiger partial charge in [0.25, 0.3) is 0 Å². The molecular weight excluding hydrogens is 143 g/mol. The summed E-state index contributed by atoms with van der Waals surface area (Å²) in [6, 6.07) is 0. The molecule has 1 aliphatic carbocycles. The highest BCUT2D eigenvalue weighted by atomic mass is 14.3. The molecule has 0 aliphatic heterocycles. The van der Waals surface area contributed by atoms with E-state index in [0.717, 1.165) is 18.2 Å². The first-order chi connectivity index (χ1) is 5.77. The molecule has 1 aliphatic rings. The van der Waals surface area contributed by atoms with Crippen LogP contribution in [0.2, 0.25) is 6.32 Å². The van der Waals surface area contributed by atoms with Gasteiger partial charge in [-0.1, -0.05) is 32.2 Å². The SMILES string of the molecule is [B]CC(C=C)C1CCC(C)CC1. The molecule has 1 heteroatoms. The van der Waals surface area contributed by atoms with E-state index >= 15 is 0 Å². The van der Waals surface area contributed by atoms with Crippen LogP contribution in [-0.2, 0) is 0 Å². The van der Waals surface area contributed by atoms with Gasteiger partial charge in [-0.3, -0.25) is 0 Å². The molecule has 0 bridgehead atoms. The van der Waals surface area contributed by atoms with Gasteiger partial charge in [-0.15, -0.1) is 6.58 Å². The first-order valence-corrected chi connectivity index (χ1v) is 5.10. The van der Waals surface area contributed by atoms with Gasteiger partial charge < -0.3 is 0 Å². The fraction of sp³-hybridized carbons (Fsp3) is 0.818. The summed E-state index contributed by atoms with van der Waals surface area (Å²) in [6.45, 7) is 6.19. The third kappa shape index (κ3) is 2.40. The second kappa shape index (κ2) is 4.74. The molecule has 1 unspecified atom stereocenters. The molecule has 1 rings (SSSR count). The first-order valence-electron chi connectivity index (χ1n) is 5.10. The molecule has 1 atom stereocenters. The van der Waals surface area contributed by atoms with E-state index in [1.807, 2.05) is 6.08 Å². The Balaban J connectivity index is 2.37. The number of hydrogen-bond acceptors (Lipinski definition) is 0. The standard InChI is InChI=1S/C11H19B/c1-3-10(8-12)11-6-4-9(2)5-7-11/h3,9-11H,1,4-8H2,2H3. The highest BCUT2D eigenvalue weighted by molar-refractivity contribution is 6.08. The van der Waals surface area contributed by atoms with E-state index in [9.17, 15) is 0 Å². The summed E-state index contributed by atoms with van der Waals surface area (Å²) in [7, 11) is 5.68. The minimum Gasteiger partial charge on any atom is -0.103 e. The molecule has 0 amide bonds. The average molecular weight is 162 g/mol. The number of rotatable bonds is 3. The monoisotopic (exact) mass is 162 g/mol. The van der Waals surface area contributed by atoms with E-state index in [-0.39, 0.29) is 0 Å². The second-order valence-electron chi connectivity index (χ2n) is 4.16. The normalized spacial score (nSPS) is 32.8. The Morgan fingerprint density at radius 1 is 1.42 bits per heavy atom. The lowest BCUT2D eigenvalue weighted by atomic mass is 9.72. The summed E-state index contributed by atoms with van der Waals surface area (Å²) in [4.78, 5) is 0. The lowest BCUT2D eigenvalue weighted by Crippen LogP contribution is -2.19. The predicted molar refractivity (Wildman–Crippen MR) is 55.4 cm³/mol. The molecule has 0 aromatic heterocycles. The Labute approximate surface area is 77.8 Å². The Morgan fingerprint density at radius 2 is 2.00 bits per heavy atom. The van der Waals surface area contributed by atoms with E-state index in [1.54, 1.807) is 0 Å². The van der Waals surface area contributed by atoms with Crippen LogP contribution in [0.4, 0.5) is 0 Å². The zero-order chi connectivity index (χ0) is 8.97. The van der Waals surface area contributed by atoms with Crippen LogP contribution in [0.25, 0.3) is 0 Å². The van der Waals surface area contributed by atoms with Gasteiger partial charge in [-0.2, -0.15) is 0 Å². The molecule has 0 nitrogen and oxygen atoms in total. The van der Waals surface area contributed by atoms with Crippen molar-refractivity contribution >= 4 is 7.85 Å².